The van der Waals surface area contributed by atoms with E-state index in [9.17, 15) is 4.39 Å². The number of thiophene rings is 1. The molecule has 3 aromatic rings. The highest BCUT2D eigenvalue weighted by atomic mass is 79.9. The minimum absolute atomic E-state index is 0.239. The van der Waals surface area contributed by atoms with E-state index in [0.29, 0.717) is 13.2 Å². The molecule has 2 nitrogen and oxygen atoms in total. The zero-order valence-electron chi connectivity index (χ0n) is 11.1. The van der Waals surface area contributed by atoms with Crippen LogP contribution in [0.5, 0.6) is 5.75 Å². The quantitative estimate of drug-likeness (QED) is 0.717. The first-order chi connectivity index (χ1) is 10.2. The maximum atomic E-state index is 13.7. The first kappa shape index (κ1) is 14.5. The van der Waals surface area contributed by atoms with Gasteiger partial charge in [0.15, 0.2) is 11.6 Å². The van der Waals surface area contributed by atoms with Crippen LogP contribution in [0, 0.1) is 5.82 Å². The largest absolute Gasteiger partial charge is 0.486 e. The van der Waals surface area contributed by atoms with Crippen LogP contribution in [0.15, 0.2) is 46.9 Å². The molecule has 1 aromatic heterocycles. The molecular weight excluding hydrogens is 353 g/mol. The summed E-state index contributed by atoms with van der Waals surface area (Å²) in [5.41, 5.74) is 6.85. The number of rotatable bonds is 4. The van der Waals surface area contributed by atoms with Crippen molar-refractivity contribution in [2.75, 3.05) is 0 Å². The molecule has 0 saturated heterocycles. The van der Waals surface area contributed by atoms with Gasteiger partial charge in [-0.25, -0.2) is 4.39 Å². The number of benzene rings is 2. The van der Waals surface area contributed by atoms with E-state index in [1.165, 1.54) is 10.8 Å². The van der Waals surface area contributed by atoms with Gasteiger partial charge in [0.25, 0.3) is 0 Å². The fraction of sp³-hybridized carbons (Fsp3) is 0.125. The highest BCUT2D eigenvalue weighted by molar-refractivity contribution is 9.10. The van der Waals surface area contributed by atoms with Crippen molar-refractivity contribution in [1.82, 2.24) is 0 Å². The van der Waals surface area contributed by atoms with Crippen molar-refractivity contribution in [3.05, 3.63) is 63.2 Å². The second-order valence-corrected chi connectivity index (χ2v) is 6.62. The summed E-state index contributed by atoms with van der Waals surface area (Å²) in [6.07, 6.45) is 0. The molecule has 5 heteroatoms. The lowest BCUT2D eigenvalue weighted by Gasteiger charge is -2.08. The van der Waals surface area contributed by atoms with Gasteiger partial charge in [-0.05, 0) is 29.7 Å². The van der Waals surface area contributed by atoms with E-state index < -0.39 is 0 Å². The Morgan fingerprint density at radius 3 is 2.81 bits per heavy atom. The molecule has 2 aromatic carbocycles. The van der Waals surface area contributed by atoms with Crippen molar-refractivity contribution < 1.29 is 9.13 Å². The molecule has 2 N–H and O–H groups in total. The van der Waals surface area contributed by atoms with Gasteiger partial charge in [0, 0.05) is 26.2 Å². The number of hydrogen-bond acceptors (Lipinski definition) is 3. The van der Waals surface area contributed by atoms with Crippen molar-refractivity contribution in [1.29, 1.82) is 0 Å². The summed E-state index contributed by atoms with van der Waals surface area (Å²) >= 11 is 4.98. The molecule has 1 heterocycles. The van der Waals surface area contributed by atoms with E-state index in [-0.39, 0.29) is 11.6 Å². The van der Waals surface area contributed by atoms with Crippen LogP contribution in [0.2, 0.25) is 0 Å². The third-order valence-corrected chi connectivity index (χ3v) is 4.96. The number of hydrogen-bond donors (Lipinski definition) is 1. The van der Waals surface area contributed by atoms with Gasteiger partial charge in [-0.1, -0.05) is 34.1 Å². The van der Waals surface area contributed by atoms with Crippen LogP contribution in [-0.2, 0) is 13.2 Å². The fourth-order valence-corrected chi connectivity index (χ4v) is 3.64. The van der Waals surface area contributed by atoms with Gasteiger partial charge in [0.2, 0.25) is 0 Å². The van der Waals surface area contributed by atoms with E-state index in [1.807, 2.05) is 18.2 Å². The monoisotopic (exact) mass is 365 g/mol. The van der Waals surface area contributed by atoms with Gasteiger partial charge in [0.1, 0.15) is 6.61 Å². The summed E-state index contributed by atoms with van der Waals surface area (Å²) in [5, 5.41) is 1.12. The predicted molar refractivity (Wildman–Crippen MR) is 88.1 cm³/mol. The minimum atomic E-state index is -0.368. The summed E-state index contributed by atoms with van der Waals surface area (Å²) in [6, 6.07) is 12.7. The number of fused-ring (bicyclic) bond motifs is 1. The Kier molecular flexibility index (Phi) is 4.24. The smallest absolute Gasteiger partial charge is 0.165 e. The summed E-state index contributed by atoms with van der Waals surface area (Å²) in [7, 11) is 0. The van der Waals surface area contributed by atoms with Crippen molar-refractivity contribution >= 4 is 37.4 Å². The van der Waals surface area contributed by atoms with E-state index in [1.54, 1.807) is 23.5 Å². The predicted octanol–water partition coefficient (Wildman–Crippen LogP) is 4.84. The Morgan fingerprint density at radius 1 is 1.19 bits per heavy atom. The standard InChI is InChI=1S/C16H13BrFNOS/c17-10-5-6-13(18)14(7-10)20-9-12-11-3-1-2-4-15(11)21-16(12)8-19/h1-7H,8-9,19H2. The molecule has 0 aliphatic heterocycles. The molecule has 0 amide bonds. The van der Waals surface area contributed by atoms with Crippen molar-refractivity contribution in [2.24, 2.45) is 5.73 Å². The van der Waals surface area contributed by atoms with E-state index >= 15 is 0 Å². The van der Waals surface area contributed by atoms with Crippen LogP contribution < -0.4 is 10.5 Å². The van der Waals surface area contributed by atoms with E-state index in [2.05, 4.69) is 22.0 Å². The number of halogens is 2. The Balaban J connectivity index is 1.93. The van der Waals surface area contributed by atoms with Crippen LogP contribution in [0.4, 0.5) is 4.39 Å². The lowest BCUT2D eigenvalue weighted by Crippen LogP contribution is -2.02. The number of nitrogens with two attached hydrogens (primary N) is 1. The summed E-state index contributed by atoms with van der Waals surface area (Å²) in [5.74, 6) is -0.130. The Morgan fingerprint density at radius 2 is 2.00 bits per heavy atom. The van der Waals surface area contributed by atoms with Crippen molar-refractivity contribution in [2.45, 2.75) is 13.2 Å². The topological polar surface area (TPSA) is 35.2 Å². The number of ether oxygens (including phenoxy) is 1. The van der Waals surface area contributed by atoms with Crippen molar-refractivity contribution in [3.8, 4) is 5.75 Å². The van der Waals surface area contributed by atoms with Crippen LogP contribution in [0.3, 0.4) is 0 Å². The summed E-state index contributed by atoms with van der Waals surface area (Å²) in [6.45, 7) is 0.767. The van der Waals surface area contributed by atoms with Crippen LogP contribution in [0.1, 0.15) is 10.4 Å². The van der Waals surface area contributed by atoms with Gasteiger partial charge < -0.3 is 10.5 Å². The molecule has 0 bridgehead atoms. The molecule has 0 radical (unpaired) electrons. The van der Waals surface area contributed by atoms with Crippen LogP contribution in [-0.4, -0.2) is 0 Å². The van der Waals surface area contributed by atoms with E-state index in [4.69, 9.17) is 10.5 Å². The molecule has 21 heavy (non-hydrogen) atoms. The Hall–Kier alpha value is -1.43. The highest BCUT2D eigenvalue weighted by Crippen LogP contribution is 2.32. The van der Waals surface area contributed by atoms with Gasteiger partial charge in [0.05, 0.1) is 0 Å². The maximum absolute atomic E-state index is 13.7. The molecule has 0 spiro atoms. The van der Waals surface area contributed by atoms with Gasteiger partial charge in [-0.15, -0.1) is 11.3 Å². The first-order valence-electron chi connectivity index (χ1n) is 6.46. The van der Waals surface area contributed by atoms with E-state index in [0.717, 1.165) is 20.3 Å². The third kappa shape index (κ3) is 2.95. The highest BCUT2D eigenvalue weighted by Gasteiger charge is 2.12. The van der Waals surface area contributed by atoms with Crippen LogP contribution >= 0.6 is 27.3 Å². The molecule has 3 rings (SSSR count). The van der Waals surface area contributed by atoms with Gasteiger partial charge in [-0.3, -0.25) is 0 Å². The first-order valence-corrected chi connectivity index (χ1v) is 8.07. The minimum Gasteiger partial charge on any atom is -0.486 e. The summed E-state index contributed by atoms with van der Waals surface area (Å²) in [4.78, 5) is 1.08. The molecule has 0 unspecified atom stereocenters. The van der Waals surface area contributed by atoms with Crippen molar-refractivity contribution in [3.63, 3.8) is 0 Å². The van der Waals surface area contributed by atoms with Crippen LogP contribution in [0.25, 0.3) is 10.1 Å². The zero-order valence-corrected chi connectivity index (χ0v) is 13.5. The second-order valence-electron chi connectivity index (χ2n) is 4.57. The molecule has 108 valence electrons. The third-order valence-electron chi connectivity index (χ3n) is 3.23. The Bertz CT molecular complexity index is 787. The average Bonchev–Trinajstić information content (AvgIpc) is 2.86. The SMILES string of the molecule is NCc1sc2ccccc2c1COc1cc(Br)ccc1F. The lowest BCUT2D eigenvalue weighted by molar-refractivity contribution is 0.291. The van der Waals surface area contributed by atoms with Gasteiger partial charge >= 0.3 is 0 Å². The maximum Gasteiger partial charge on any atom is 0.165 e. The molecule has 0 saturated carbocycles. The molecule has 0 aliphatic carbocycles. The molecular formula is C16H13BrFNOS. The Labute approximate surface area is 134 Å². The van der Waals surface area contributed by atoms with Gasteiger partial charge in [-0.2, -0.15) is 0 Å². The second kappa shape index (κ2) is 6.13. The molecule has 0 fully saturated rings. The molecule has 0 atom stereocenters. The summed E-state index contributed by atoms with van der Waals surface area (Å²) < 4.78 is 21.3. The zero-order chi connectivity index (χ0) is 14.8. The average molecular weight is 366 g/mol. The molecule has 0 aliphatic rings. The fourth-order valence-electron chi connectivity index (χ4n) is 2.21. The lowest BCUT2D eigenvalue weighted by atomic mass is 10.1. The normalized spacial score (nSPS) is 11.0.